The Bertz CT molecular complexity index is 125. The van der Waals surface area contributed by atoms with E-state index in [1.54, 1.807) is 0 Å². The summed E-state index contributed by atoms with van der Waals surface area (Å²) in [5.74, 6) is 0. The highest BCUT2D eigenvalue weighted by Gasteiger charge is 2.19. The molecule has 2 fully saturated rings. The van der Waals surface area contributed by atoms with Crippen LogP contribution in [-0.2, 0) is 0 Å². The summed E-state index contributed by atoms with van der Waals surface area (Å²) in [6.45, 7) is 4.76. The molecule has 0 saturated heterocycles. The van der Waals surface area contributed by atoms with Crippen LogP contribution in [0.2, 0.25) is 0 Å². The van der Waals surface area contributed by atoms with Gasteiger partial charge in [-0.05, 0) is 18.3 Å². The maximum absolute atomic E-state index is 2.38. The number of hydrogen-bond donors (Lipinski definition) is 0. The van der Waals surface area contributed by atoms with Crippen molar-refractivity contribution >= 4 is 0 Å². The molecule has 0 aromatic carbocycles. The van der Waals surface area contributed by atoms with Crippen molar-refractivity contribution in [2.75, 3.05) is 0 Å². The van der Waals surface area contributed by atoms with Crippen molar-refractivity contribution in [1.82, 2.24) is 0 Å². The Kier molecular flexibility index (Phi) is 7.16. The fraction of sp³-hybridized carbons (Fsp3) is 1.00. The summed E-state index contributed by atoms with van der Waals surface area (Å²) in [7, 11) is 0. The molecular formula is C16H32. The van der Waals surface area contributed by atoms with Crippen LogP contribution >= 0.6 is 0 Å². The Morgan fingerprint density at radius 3 is 0.875 bits per heavy atom. The lowest BCUT2D eigenvalue weighted by Gasteiger charge is -2.28. The van der Waals surface area contributed by atoms with Crippen LogP contribution in [0.15, 0.2) is 0 Å². The largest absolute Gasteiger partial charge is 0.0599 e. The van der Waals surface area contributed by atoms with Gasteiger partial charge in [0.25, 0.3) is 0 Å². The number of hydrogen-bond acceptors (Lipinski definition) is 0. The lowest BCUT2D eigenvalue weighted by Crippen LogP contribution is -2.14. The molecule has 2 aliphatic rings. The van der Waals surface area contributed by atoms with Gasteiger partial charge in [0.2, 0.25) is 0 Å². The van der Waals surface area contributed by atoms with Crippen molar-refractivity contribution in [2.24, 2.45) is 5.41 Å². The van der Waals surface area contributed by atoms with Crippen LogP contribution in [0.5, 0.6) is 0 Å². The molecule has 0 aliphatic heterocycles. The van der Waals surface area contributed by atoms with E-state index in [4.69, 9.17) is 0 Å². The zero-order chi connectivity index (χ0) is 11.7. The molecule has 0 radical (unpaired) electrons. The second kappa shape index (κ2) is 8.14. The van der Waals surface area contributed by atoms with Crippen molar-refractivity contribution in [3.8, 4) is 0 Å². The maximum atomic E-state index is 2.38. The van der Waals surface area contributed by atoms with Gasteiger partial charge in [0, 0.05) is 0 Å². The van der Waals surface area contributed by atoms with Gasteiger partial charge in [-0.3, -0.25) is 0 Å². The van der Waals surface area contributed by atoms with E-state index in [1.165, 1.54) is 83.5 Å². The van der Waals surface area contributed by atoms with Crippen LogP contribution in [-0.4, -0.2) is 0 Å². The van der Waals surface area contributed by atoms with Gasteiger partial charge in [0.1, 0.15) is 0 Å². The third kappa shape index (κ3) is 7.30. The summed E-state index contributed by atoms with van der Waals surface area (Å²) in [5, 5.41) is 0. The zero-order valence-corrected chi connectivity index (χ0v) is 11.7. The van der Waals surface area contributed by atoms with Gasteiger partial charge in [-0.2, -0.15) is 0 Å². The highest BCUT2D eigenvalue weighted by atomic mass is 14.3. The highest BCUT2D eigenvalue weighted by molar-refractivity contribution is 4.72. The first-order valence-electron chi connectivity index (χ1n) is 7.71. The first-order valence-corrected chi connectivity index (χ1v) is 7.71. The molecule has 16 heavy (non-hydrogen) atoms. The molecule has 2 aliphatic carbocycles. The minimum absolute atomic E-state index is 0.679. The van der Waals surface area contributed by atoms with E-state index in [9.17, 15) is 0 Å². The van der Waals surface area contributed by atoms with Crippen LogP contribution in [0.1, 0.15) is 97.3 Å². The Hall–Kier alpha value is 0. The second-order valence-electron chi connectivity index (χ2n) is 6.55. The molecule has 0 heterocycles. The molecule has 0 aromatic heterocycles. The molecule has 0 bridgehead atoms. The van der Waals surface area contributed by atoms with E-state index in [1.807, 2.05) is 0 Å². The van der Waals surface area contributed by atoms with Crippen LogP contribution in [0.25, 0.3) is 0 Å². The Balaban J connectivity index is 0.000000160. The van der Waals surface area contributed by atoms with Crippen molar-refractivity contribution < 1.29 is 0 Å². The summed E-state index contributed by atoms with van der Waals surface area (Å²) >= 11 is 0. The smallest absolute Gasteiger partial charge is 0.0354 e. The van der Waals surface area contributed by atoms with E-state index in [0.29, 0.717) is 5.41 Å². The lowest BCUT2D eigenvalue weighted by molar-refractivity contribution is 0.244. The standard InChI is InChI=1S/2C8H16/c1-8(2)6-4-3-5-7-8;1-2-4-6-8-7-5-3-1/h3-7H2,1-2H3;1-8H2. The molecule has 0 nitrogen and oxygen atoms in total. The Labute approximate surface area is 103 Å². The minimum Gasteiger partial charge on any atom is -0.0599 e. The third-order valence-electron chi connectivity index (χ3n) is 4.21. The summed E-state index contributed by atoms with van der Waals surface area (Å²) in [5.41, 5.74) is 0.679. The second-order valence-corrected chi connectivity index (χ2v) is 6.55. The first kappa shape index (κ1) is 14.1. The molecule has 96 valence electrons. The monoisotopic (exact) mass is 224 g/mol. The molecule has 0 aromatic rings. The predicted octanol–water partition coefficient (Wildman–Crippen LogP) is 6.10. The van der Waals surface area contributed by atoms with Crippen molar-refractivity contribution in [3.05, 3.63) is 0 Å². The first-order chi connectivity index (χ1) is 7.71. The van der Waals surface area contributed by atoms with Gasteiger partial charge < -0.3 is 0 Å². The molecule has 0 spiro atoms. The fourth-order valence-electron chi connectivity index (χ4n) is 2.92. The number of rotatable bonds is 0. The van der Waals surface area contributed by atoms with Gasteiger partial charge in [0.15, 0.2) is 0 Å². The quantitative estimate of drug-likeness (QED) is 0.466. The van der Waals surface area contributed by atoms with Gasteiger partial charge in [-0.1, -0.05) is 84.5 Å². The fourth-order valence-corrected chi connectivity index (χ4v) is 2.92. The average Bonchev–Trinajstić information content (AvgIpc) is 2.16. The lowest BCUT2D eigenvalue weighted by atomic mass is 9.78. The topological polar surface area (TPSA) is 0 Å². The zero-order valence-electron chi connectivity index (χ0n) is 11.7. The van der Waals surface area contributed by atoms with Crippen LogP contribution in [0, 0.1) is 5.41 Å². The van der Waals surface area contributed by atoms with E-state index in [2.05, 4.69) is 13.8 Å². The van der Waals surface area contributed by atoms with Gasteiger partial charge in [-0.15, -0.1) is 0 Å². The minimum atomic E-state index is 0.679. The highest BCUT2D eigenvalue weighted by Crippen LogP contribution is 2.34. The van der Waals surface area contributed by atoms with Crippen molar-refractivity contribution in [1.29, 1.82) is 0 Å². The Morgan fingerprint density at radius 2 is 0.688 bits per heavy atom. The van der Waals surface area contributed by atoms with E-state index in [-0.39, 0.29) is 0 Å². The molecule has 2 rings (SSSR count). The van der Waals surface area contributed by atoms with E-state index >= 15 is 0 Å². The normalized spacial score (nSPS) is 25.9. The Morgan fingerprint density at radius 1 is 0.438 bits per heavy atom. The predicted molar refractivity (Wildman–Crippen MR) is 73.8 cm³/mol. The van der Waals surface area contributed by atoms with Crippen molar-refractivity contribution in [3.63, 3.8) is 0 Å². The van der Waals surface area contributed by atoms with Gasteiger partial charge >= 0.3 is 0 Å². The average molecular weight is 224 g/mol. The molecule has 0 atom stereocenters. The van der Waals surface area contributed by atoms with Crippen LogP contribution in [0.4, 0.5) is 0 Å². The molecule has 0 amide bonds. The molecule has 0 N–H and O–H groups in total. The SMILES string of the molecule is C1CCCCCCC1.CC1(C)CCCCC1. The molecule has 0 unspecified atom stereocenters. The van der Waals surface area contributed by atoms with Crippen molar-refractivity contribution in [2.45, 2.75) is 97.3 Å². The van der Waals surface area contributed by atoms with Gasteiger partial charge in [-0.25, -0.2) is 0 Å². The van der Waals surface area contributed by atoms with E-state index < -0.39 is 0 Å². The summed E-state index contributed by atoms with van der Waals surface area (Å²) in [6.07, 6.45) is 19.3. The van der Waals surface area contributed by atoms with Gasteiger partial charge in [0.05, 0.1) is 0 Å². The summed E-state index contributed by atoms with van der Waals surface area (Å²) in [6, 6.07) is 0. The summed E-state index contributed by atoms with van der Waals surface area (Å²) < 4.78 is 0. The molecular weight excluding hydrogens is 192 g/mol. The van der Waals surface area contributed by atoms with E-state index in [0.717, 1.165) is 0 Å². The summed E-state index contributed by atoms with van der Waals surface area (Å²) in [4.78, 5) is 0. The molecule has 0 heteroatoms. The molecule has 2 saturated carbocycles. The van der Waals surface area contributed by atoms with Crippen LogP contribution < -0.4 is 0 Å². The maximum Gasteiger partial charge on any atom is -0.0354 e. The van der Waals surface area contributed by atoms with Crippen LogP contribution in [0.3, 0.4) is 0 Å². The third-order valence-corrected chi connectivity index (χ3v) is 4.21.